The maximum atomic E-state index is 11.8. The number of phenols is 1. The molecule has 2 rings (SSSR count). The molecule has 2 aromatic rings. The molecule has 0 atom stereocenters. The van der Waals surface area contributed by atoms with Gasteiger partial charge in [-0.1, -0.05) is 29.8 Å². The summed E-state index contributed by atoms with van der Waals surface area (Å²) < 4.78 is 0. The lowest BCUT2D eigenvalue weighted by atomic mass is 10.1. The first-order valence-electron chi connectivity index (χ1n) is 7.33. The van der Waals surface area contributed by atoms with Crippen LogP contribution in [0.5, 0.6) is 5.75 Å². The molecule has 0 aliphatic rings. The molecule has 3 N–H and O–H groups in total. The number of anilines is 1. The van der Waals surface area contributed by atoms with Gasteiger partial charge in [0, 0.05) is 16.3 Å². The normalized spacial score (nSPS) is 10.4. The molecule has 0 heterocycles. The monoisotopic (exact) mass is 357 g/mol. The van der Waals surface area contributed by atoms with Crippen molar-refractivity contribution in [1.82, 2.24) is 5.43 Å². The molecular weight excluding hydrogens is 342 g/mol. The van der Waals surface area contributed by atoms with Crippen molar-refractivity contribution in [3.63, 3.8) is 0 Å². The fourth-order valence-electron chi connectivity index (χ4n) is 1.97. The third-order valence-corrected chi connectivity index (χ3v) is 3.45. The van der Waals surface area contributed by atoms with Gasteiger partial charge in [0.05, 0.1) is 6.21 Å². The molecule has 25 heavy (non-hydrogen) atoms. The first-order valence-corrected chi connectivity index (χ1v) is 7.70. The minimum absolute atomic E-state index is 0.0472. The van der Waals surface area contributed by atoms with E-state index in [-0.39, 0.29) is 5.75 Å². The summed E-state index contributed by atoms with van der Waals surface area (Å²) in [4.78, 5) is 23.5. The molecule has 7 heteroatoms. The maximum absolute atomic E-state index is 11.8. The summed E-state index contributed by atoms with van der Waals surface area (Å²) in [5.41, 5.74) is 3.64. The third-order valence-electron chi connectivity index (χ3n) is 3.19. The predicted octanol–water partition coefficient (Wildman–Crippen LogP) is 2.86. The zero-order valence-electron chi connectivity index (χ0n) is 13.2. The largest absolute Gasteiger partial charge is 0.507 e. The average Bonchev–Trinajstić information content (AvgIpc) is 2.60. The van der Waals surface area contributed by atoms with Crippen molar-refractivity contribution in [3.05, 3.63) is 71.3 Å². The van der Waals surface area contributed by atoms with Crippen LogP contribution in [-0.4, -0.2) is 23.1 Å². The number of allylic oxidation sites excluding steroid dienone is 1. The number of carbonyl (C=O) groups excluding carboxylic acids is 2. The Morgan fingerprint density at radius 3 is 2.56 bits per heavy atom. The van der Waals surface area contributed by atoms with Crippen LogP contribution in [0, 0.1) is 0 Å². The molecule has 0 aliphatic carbocycles. The number of carbonyl (C=O) groups is 2. The molecule has 0 aromatic heterocycles. The fourth-order valence-corrected chi connectivity index (χ4v) is 2.09. The van der Waals surface area contributed by atoms with Crippen molar-refractivity contribution in [2.75, 3.05) is 5.32 Å². The van der Waals surface area contributed by atoms with Crippen LogP contribution in [0.25, 0.3) is 0 Å². The van der Waals surface area contributed by atoms with E-state index < -0.39 is 11.8 Å². The Labute approximate surface area is 149 Å². The van der Waals surface area contributed by atoms with Gasteiger partial charge in [0.1, 0.15) is 5.75 Å². The Kier molecular flexibility index (Phi) is 6.31. The number of nitrogens with zero attached hydrogens (tertiary/aromatic N) is 1. The highest BCUT2D eigenvalue weighted by atomic mass is 35.5. The van der Waals surface area contributed by atoms with Gasteiger partial charge in [-0.05, 0) is 42.3 Å². The van der Waals surface area contributed by atoms with Crippen LogP contribution in [0.4, 0.5) is 5.69 Å². The molecule has 0 saturated heterocycles. The van der Waals surface area contributed by atoms with Gasteiger partial charge in [0.15, 0.2) is 0 Å². The van der Waals surface area contributed by atoms with Crippen LogP contribution in [0.2, 0.25) is 5.02 Å². The molecule has 0 radical (unpaired) electrons. The van der Waals surface area contributed by atoms with Crippen LogP contribution in [0.1, 0.15) is 11.1 Å². The third kappa shape index (κ3) is 5.19. The highest BCUT2D eigenvalue weighted by Gasteiger charge is 2.13. The first-order chi connectivity index (χ1) is 12.0. The number of phenolic OH excluding ortho intramolecular Hbond substituents is 1. The second-order valence-electron chi connectivity index (χ2n) is 5.01. The second kappa shape index (κ2) is 8.65. The summed E-state index contributed by atoms with van der Waals surface area (Å²) in [6.45, 7) is 3.62. The van der Waals surface area contributed by atoms with Crippen LogP contribution < -0.4 is 10.7 Å². The molecule has 0 spiro atoms. The minimum atomic E-state index is -0.937. The van der Waals surface area contributed by atoms with Gasteiger partial charge in [-0.15, -0.1) is 6.58 Å². The van der Waals surface area contributed by atoms with E-state index in [1.807, 2.05) is 0 Å². The van der Waals surface area contributed by atoms with Crippen LogP contribution in [0.3, 0.4) is 0 Å². The molecular formula is C18H16ClN3O3. The SMILES string of the molecule is C=CCc1cccc(/C=N\NC(=O)C(=O)Nc2ccc(Cl)cc2)c1O. The fraction of sp³-hybridized carbons (Fsp3) is 0.0556. The number of hydrogen-bond acceptors (Lipinski definition) is 4. The lowest BCUT2D eigenvalue weighted by Crippen LogP contribution is -2.32. The molecule has 0 bridgehead atoms. The number of halogens is 1. The van der Waals surface area contributed by atoms with E-state index in [0.717, 1.165) is 0 Å². The van der Waals surface area contributed by atoms with Gasteiger partial charge >= 0.3 is 11.8 Å². The summed E-state index contributed by atoms with van der Waals surface area (Å²) in [5.74, 6) is -1.76. The molecule has 0 unspecified atom stereocenters. The average molecular weight is 358 g/mol. The molecule has 2 amide bonds. The van der Waals surface area contributed by atoms with E-state index in [1.54, 1.807) is 48.5 Å². The standard InChI is InChI=1S/C18H16ClN3O3/c1-2-4-12-5-3-6-13(16(12)23)11-20-22-18(25)17(24)21-15-9-7-14(19)8-10-15/h2-3,5-11,23H,1,4H2,(H,21,24)(H,22,25)/b20-11-. The predicted molar refractivity (Wildman–Crippen MR) is 97.8 cm³/mol. The Hall–Kier alpha value is -3.12. The highest BCUT2D eigenvalue weighted by Crippen LogP contribution is 2.21. The van der Waals surface area contributed by atoms with Gasteiger partial charge in [0.2, 0.25) is 0 Å². The van der Waals surface area contributed by atoms with Crippen LogP contribution >= 0.6 is 11.6 Å². The summed E-state index contributed by atoms with van der Waals surface area (Å²) >= 11 is 5.74. The molecule has 0 fully saturated rings. The summed E-state index contributed by atoms with van der Waals surface area (Å²) in [7, 11) is 0. The Morgan fingerprint density at radius 2 is 1.88 bits per heavy atom. The lowest BCUT2D eigenvalue weighted by Gasteiger charge is -2.05. The molecule has 128 valence electrons. The summed E-state index contributed by atoms with van der Waals surface area (Å²) in [6, 6.07) is 11.4. The number of aromatic hydroxyl groups is 1. The number of rotatable bonds is 5. The summed E-state index contributed by atoms with van der Waals surface area (Å²) in [5, 5.41) is 16.7. The van der Waals surface area contributed by atoms with Gasteiger partial charge < -0.3 is 10.4 Å². The number of para-hydroxylation sites is 1. The van der Waals surface area contributed by atoms with Crippen LogP contribution in [0.15, 0.2) is 60.2 Å². The number of benzene rings is 2. The minimum Gasteiger partial charge on any atom is -0.507 e. The van der Waals surface area contributed by atoms with Crippen molar-refractivity contribution in [2.24, 2.45) is 5.10 Å². The van der Waals surface area contributed by atoms with Gasteiger partial charge in [-0.25, -0.2) is 5.43 Å². The van der Waals surface area contributed by atoms with E-state index >= 15 is 0 Å². The van der Waals surface area contributed by atoms with E-state index in [4.69, 9.17) is 11.6 Å². The van der Waals surface area contributed by atoms with Gasteiger partial charge in [-0.3, -0.25) is 9.59 Å². The topological polar surface area (TPSA) is 90.8 Å². The Morgan fingerprint density at radius 1 is 1.16 bits per heavy atom. The molecule has 2 aromatic carbocycles. The molecule has 0 saturated carbocycles. The van der Waals surface area contributed by atoms with Crippen molar-refractivity contribution in [2.45, 2.75) is 6.42 Å². The number of hydrogen-bond donors (Lipinski definition) is 3. The summed E-state index contributed by atoms with van der Waals surface area (Å²) in [6.07, 6.45) is 3.43. The number of nitrogens with one attached hydrogen (secondary N) is 2. The number of amides is 2. The Balaban J connectivity index is 1.96. The van der Waals surface area contributed by atoms with Crippen molar-refractivity contribution in [3.8, 4) is 5.75 Å². The Bertz CT molecular complexity index is 817. The molecule has 0 aliphatic heterocycles. The van der Waals surface area contributed by atoms with E-state index in [2.05, 4.69) is 22.4 Å². The van der Waals surface area contributed by atoms with Gasteiger partial charge in [0.25, 0.3) is 0 Å². The number of hydrazone groups is 1. The smallest absolute Gasteiger partial charge is 0.329 e. The lowest BCUT2D eigenvalue weighted by molar-refractivity contribution is -0.136. The van der Waals surface area contributed by atoms with Crippen molar-refractivity contribution >= 4 is 35.3 Å². The highest BCUT2D eigenvalue weighted by molar-refractivity contribution is 6.39. The van der Waals surface area contributed by atoms with Crippen LogP contribution in [-0.2, 0) is 16.0 Å². The van der Waals surface area contributed by atoms with Crippen molar-refractivity contribution in [1.29, 1.82) is 0 Å². The zero-order valence-corrected chi connectivity index (χ0v) is 14.0. The van der Waals surface area contributed by atoms with E-state index in [9.17, 15) is 14.7 Å². The second-order valence-corrected chi connectivity index (χ2v) is 5.44. The quantitative estimate of drug-likeness (QED) is 0.332. The van der Waals surface area contributed by atoms with Gasteiger partial charge in [-0.2, -0.15) is 5.10 Å². The first kappa shape index (κ1) is 18.2. The van der Waals surface area contributed by atoms with Crippen molar-refractivity contribution < 1.29 is 14.7 Å². The maximum Gasteiger partial charge on any atom is 0.329 e. The van der Waals surface area contributed by atoms with E-state index in [1.165, 1.54) is 6.21 Å². The zero-order chi connectivity index (χ0) is 18.2. The van der Waals surface area contributed by atoms with E-state index in [0.29, 0.717) is 28.3 Å². The molecule has 6 nitrogen and oxygen atoms in total.